The molecule has 0 radical (unpaired) electrons. The lowest BCUT2D eigenvalue weighted by Gasteiger charge is -2.50. The fourth-order valence-electron chi connectivity index (χ4n) is 5.62. The number of fused-ring (bicyclic) bond motifs is 1. The van der Waals surface area contributed by atoms with Gasteiger partial charge in [0.25, 0.3) is 0 Å². The Balaban J connectivity index is 2.12. The third kappa shape index (κ3) is 3.35. The van der Waals surface area contributed by atoms with Crippen LogP contribution in [0.3, 0.4) is 0 Å². The van der Waals surface area contributed by atoms with Crippen molar-refractivity contribution in [1.82, 2.24) is 4.90 Å². The van der Waals surface area contributed by atoms with Gasteiger partial charge in [0, 0.05) is 17.5 Å². The molecule has 2 heterocycles. The van der Waals surface area contributed by atoms with E-state index in [0.29, 0.717) is 23.8 Å². The van der Waals surface area contributed by atoms with Gasteiger partial charge in [-0.2, -0.15) is 0 Å². The molecule has 3 rings (SSSR count). The Kier molecular flexibility index (Phi) is 5.51. The van der Waals surface area contributed by atoms with Crippen molar-refractivity contribution in [1.29, 1.82) is 0 Å². The van der Waals surface area contributed by atoms with E-state index in [-0.39, 0.29) is 5.54 Å². The minimum Gasteiger partial charge on any atom is -0.367 e. The maximum atomic E-state index is 2.79. The summed E-state index contributed by atoms with van der Waals surface area (Å²) in [4.78, 5) is 2.79. The third-order valence-corrected chi connectivity index (χ3v) is 9.87. The monoisotopic (exact) mass is 381 g/mol. The molecule has 27 heavy (non-hydrogen) atoms. The van der Waals surface area contributed by atoms with E-state index in [2.05, 4.69) is 102 Å². The highest BCUT2D eigenvalue weighted by molar-refractivity contribution is 6.83. The van der Waals surface area contributed by atoms with Gasteiger partial charge in [0.2, 0.25) is 0 Å². The molecule has 0 spiro atoms. The summed E-state index contributed by atoms with van der Waals surface area (Å²) in [5, 5.41) is 1.75. The van der Waals surface area contributed by atoms with E-state index in [4.69, 9.17) is 0 Å². The molecule has 0 aromatic heterocycles. The highest BCUT2D eigenvalue weighted by Crippen LogP contribution is 2.50. The Labute approximate surface area is 168 Å². The fraction of sp³-hybridized carbons (Fsp3) is 0.600. The van der Waals surface area contributed by atoms with E-state index >= 15 is 0 Å². The second kappa shape index (κ2) is 7.27. The van der Waals surface area contributed by atoms with Crippen molar-refractivity contribution in [2.45, 2.75) is 78.7 Å². The maximum absolute atomic E-state index is 2.79. The summed E-state index contributed by atoms with van der Waals surface area (Å²) in [5.41, 5.74) is 3.11. The normalized spacial score (nSPS) is 35.0. The quantitative estimate of drug-likeness (QED) is 0.378. The number of nitrogens with zero attached hydrogens (tertiary/aromatic N) is 1. The van der Waals surface area contributed by atoms with Crippen LogP contribution < -0.4 is 0 Å². The van der Waals surface area contributed by atoms with Crippen LogP contribution in [0.15, 0.2) is 59.0 Å². The largest absolute Gasteiger partial charge is 0.367 e. The minimum atomic E-state index is -1.31. The van der Waals surface area contributed by atoms with Gasteiger partial charge in [0.1, 0.15) is 0 Å². The number of allylic oxidation sites excluding steroid dienone is 5. The Bertz CT molecular complexity index is 730. The lowest BCUT2D eigenvalue weighted by atomic mass is 9.71. The predicted molar refractivity (Wildman–Crippen MR) is 122 cm³/mol. The molecular formula is C25H39NSi. The Morgan fingerprint density at radius 2 is 1.93 bits per heavy atom. The molecule has 148 valence electrons. The van der Waals surface area contributed by atoms with Gasteiger partial charge in [-0.25, -0.2) is 0 Å². The molecule has 0 N–H and O–H groups in total. The van der Waals surface area contributed by atoms with Gasteiger partial charge in [-0.05, 0) is 55.9 Å². The van der Waals surface area contributed by atoms with E-state index in [9.17, 15) is 0 Å². The molecule has 1 nitrogen and oxygen atoms in total. The second-order valence-electron chi connectivity index (χ2n) is 10.1. The van der Waals surface area contributed by atoms with Crippen molar-refractivity contribution < 1.29 is 0 Å². The van der Waals surface area contributed by atoms with Crippen molar-refractivity contribution in [3.05, 3.63) is 59.0 Å². The Hall–Kier alpha value is -1.28. The Morgan fingerprint density at radius 3 is 2.48 bits per heavy atom. The van der Waals surface area contributed by atoms with E-state index in [1.165, 1.54) is 5.57 Å². The van der Waals surface area contributed by atoms with Crippen LogP contribution >= 0.6 is 0 Å². The van der Waals surface area contributed by atoms with Gasteiger partial charge < -0.3 is 4.90 Å². The summed E-state index contributed by atoms with van der Waals surface area (Å²) in [5.74, 6) is 1.65. The summed E-state index contributed by atoms with van der Waals surface area (Å²) in [6.07, 6.45) is 19.1. The molecule has 1 aliphatic carbocycles. The highest BCUT2D eigenvalue weighted by atomic mass is 28.3. The SMILES string of the molecule is C/C=C\C(C)C1(C)C(C)C(C2=CCC=C2)=CCC2C(C)C([Si](C)(C)C)=CN21. The molecule has 0 aromatic rings. The second-order valence-corrected chi connectivity index (χ2v) is 15.1. The summed E-state index contributed by atoms with van der Waals surface area (Å²) in [6, 6.07) is 0.593. The topological polar surface area (TPSA) is 3.24 Å². The average Bonchev–Trinajstić information content (AvgIpc) is 3.20. The minimum absolute atomic E-state index is 0.0897. The molecular weight excluding hydrogens is 342 g/mol. The zero-order valence-electron chi connectivity index (χ0n) is 18.7. The lowest BCUT2D eigenvalue weighted by Crippen LogP contribution is -2.55. The van der Waals surface area contributed by atoms with Crippen molar-refractivity contribution in [3.8, 4) is 0 Å². The van der Waals surface area contributed by atoms with Gasteiger partial charge in [0.05, 0.1) is 8.07 Å². The number of hydrogen-bond donors (Lipinski definition) is 0. The van der Waals surface area contributed by atoms with Gasteiger partial charge in [-0.3, -0.25) is 0 Å². The van der Waals surface area contributed by atoms with Crippen LogP contribution in [0.2, 0.25) is 19.6 Å². The molecule has 0 aromatic carbocycles. The third-order valence-electron chi connectivity index (χ3n) is 7.56. The van der Waals surface area contributed by atoms with Crippen LogP contribution in [-0.4, -0.2) is 24.6 Å². The van der Waals surface area contributed by atoms with Crippen molar-refractivity contribution in [3.63, 3.8) is 0 Å². The van der Waals surface area contributed by atoms with Crippen LogP contribution in [-0.2, 0) is 0 Å². The zero-order chi connectivity index (χ0) is 20.0. The number of hydrogen-bond acceptors (Lipinski definition) is 1. The van der Waals surface area contributed by atoms with Crippen molar-refractivity contribution in [2.24, 2.45) is 17.8 Å². The lowest BCUT2D eigenvalue weighted by molar-refractivity contribution is 0.0496. The van der Waals surface area contributed by atoms with Crippen LogP contribution in [0.5, 0.6) is 0 Å². The Morgan fingerprint density at radius 1 is 1.22 bits per heavy atom. The summed E-state index contributed by atoms with van der Waals surface area (Å²) >= 11 is 0. The molecule has 5 atom stereocenters. The average molecular weight is 382 g/mol. The molecule has 0 saturated carbocycles. The zero-order valence-corrected chi connectivity index (χ0v) is 19.7. The standard InChI is InChI=1S/C25H39NSi/c1-9-12-18(2)25(5)20(4)22(21-13-10-11-14-21)15-16-23-19(3)24(17-26(23)25)27(6,7)8/h9-10,12-15,17-20,23H,11,16H2,1-8H3/b12-9-. The van der Waals surface area contributed by atoms with Gasteiger partial charge in [-0.15, -0.1) is 0 Å². The molecule has 5 unspecified atom stereocenters. The summed E-state index contributed by atoms with van der Waals surface area (Å²) < 4.78 is 0. The molecule has 3 aliphatic rings. The van der Waals surface area contributed by atoms with Crippen LogP contribution in [0.4, 0.5) is 0 Å². The molecule has 0 bridgehead atoms. The summed E-state index contributed by atoms with van der Waals surface area (Å²) in [6.45, 7) is 19.6. The molecule has 2 heteroatoms. The van der Waals surface area contributed by atoms with E-state index in [1.54, 1.807) is 10.8 Å². The maximum Gasteiger partial charge on any atom is 0.0747 e. The van der Waals surface area contributed by atoms with Crippen molar-refractivity contribution in [2.75, 3.05) is 0 Å². The smallest absolute Gasteiger partial charge is 0.0747 e. The van der Waals surface area contributed by atoms with Gasteiger partial charge in [-0.1, -0.05) is 82.1 Å². The summed E-state index contributed by atoms with van der Waals surface area (Å²) in [7, 11) is -1.31. The van der Waals surface area contributed by atoms with E-state index in [1.807, 2.05) is 0 Å². The molecule has 0 amide bonds. The van der Waals surface area contributed by atoms with Crippen LogP contribution in [0.25, 0.3) is 0 Å². The molecule has 0 saturated heterocycles. The van der Waals surface area contributed by atoms with Crippen LogP contribution in [0, 0.1) is 17.8 Å². The van der Waals surface area contributed by atoms with E-state index < -0.39 is 8.07 Å². The highest BCUT2D eigenvalue weighted by Gasteiger charge is 2.50. The number of rotatable bonds is 4. The predicted octanol–water partition coefficient (Wildman–Crippen LogP) is 6.89. The first-order valence-electron chi connectivity index (χ1n) is 10.8. The van der Waals surface area contributed by atoms with Crippen LogP contribution in [0.1, 0.15) is 47.5 Å². The fourth-order valence-corrected chi connectivity index (χ4v) is 7.70. The first-order chi connectivity index (χ1) is 12.6. The van der Waals surface area contributed by atoms with Crippen molar-refractivity contribution >= 4 is 8.07 Å². The van der Waals surface area contributed by atoms with E-state index in [0.717, 1.165) is 12.8 Å². The first kappa shape index (κ1) is 20.5. The molecule has 0 fully saturated rings. The molecule has 2 aliphatic heterocycles. The van der Waals surface area contributed by atoms with Gasteiger partial charge >= 0.3 is 0 Å². The first-order valence-corrected chi connectivity index (χ1v) is 14.3. The van der Waals surface area contributed by atoms with Gasteiger partial charge in [0.15, 0.2) is 0 Å².